The molecule has 1 aromatic carbocycles. The first-order valence-corrected chi connectivity index (χ1v) is 10.4. The van der Waals surface area contributed by atoms with Crippen molar-refractivity contribution >= 4 is 11.7 Å². The number of nitrogens with one attached hydrogen (secondary N) is 2. The Labute approximate surface area is 185 Å². The van der Waals surface area contributed by atoms with Crippen LogP contribution in [0.15, 0.2) is 42.5 Å². The van der Waals surface area contributed by atoms with Crippen LogP contribution in [-0.4, -0.2) is 47.0 Å². The van der Waals surface area contributed by atoms with Crippen molar-refractivity contribution in [2.75, 3.05) is 25.0 Å². The standard InChI is InChI=1S/C23H26F3N5O/c1-22(2,29-14-21(32)31-12-4-5-18(31)13-27)15-28-20-7-3-6-19(30-20)16-8-10-17(11-9-16)23(24,25)26/h3,6-11,18,29H,4-5,12,14-15H2,1-2H3,(H,28,30). The van der Waals surface area contributed by atoms with E-state index in [9.17, 15) is 18.0 Å². The highest BCUT2D eigenvalue weighted by molar-refractivity contribution is 5.79. The smallest absolute Gasteiger partial charge is 0.368 e. The van der Waals surface area contributed by atoms with Crippen LogP contribution >= 0.6 is 0 Å². The molecule has 1 amide bonds. The first kappa shape index (κ1) is 23.5. The second-order valence-electron chi connectivity index (χ2n) is 8.45. The fourth-order valence-electron chi connectivity index (χ4n) is 3.51. The molecule has 1 unspecified atom stereocenters. The highest BCUT2D eigenvalue weighted by Crippen LogP contribution is 2.30. The molecule has 0 bridgehead atoms. The van der Waals surface area contributed by atoms with Crippen LogP contribution in [0.5, 0.6) is 0 Å². The lowest BCUT2D eigenvalue weighted by atomic mass is 10.1. The fourth-order valence-corrected chi connectivity index (χ4v) is 3.51. The van der Waals surface area contributed by atoms with Crippen molar-refractivity contribution in [3.05, 3.63) is 48.0 Å². The summed E-state index contributed by atoms with van der Waals surface area (Å²) >= 11 is 0. The molecule has 2 aromatic rings. The Morgan fingerprint density at radius 3 is 2.59 bits per heavy atom. The Hall–Kier alpha value is -3.12. The number of carbonyl (C=O) groups excluding carboxylic acids is 1. The van der Waals surface area contributed by atoms with E-state index in [-0.39, 0.29) is 18.5 Å². The summed E-state index contributed by atoms with van der Waals surface area (Å²) in [6, 6.07) is 12.0. The van der Waals surface area contributed by atoms with Crippen molar-refractivity contribution in [2.24, 2.45) is 0 Å². The monoisotopic (exact) mass is 445 g/mol. The molecule has 32 heavy (non-hydrogen) atoms. The van der Waals surface area contributed by atoms with Gasteiger partial charge in [-0.3, -0.25) is 4.79 Å². The summed E-state index contributed by atoms with van der Waals surface area (Å²) in [6.07, 6.45) is -2.82. The third-order valence-corrected chi connectivity index (χ3v) is 5.41. The molecule has 0 aliphatic carbocycles. The molecule has 1 atom stereocenters. The van der Waals surface area contributed by atoms with Gasteiger partial charge in [-0.1, -0.05) is 18.2 Å². The van der Waals surface area contributed by atoms with Gasteiger partial charge in [-0.25, -0.2) is 4.98 Å². The molecular formula is C23H26F3N5O. The van der Waals surface area contributed by atoms with Crippen LogP contribution in [0.1, 0.15) is 32.3 Å². The Morgan fingerprint density at radius 1 is 1.22 bits per heavy atom. The minimum Gasteiger partial charge on any atom is -0.368 e. The first-order chi connectivity index (χ1) is 15.1. The maximum absolute atomic E-state index is 12.8. The Kier molecular flexibility index (Phi) is 7.04. The van der Waals surface area contributed by atoms with Gasteiger partial charge in [0.15, 0.2) is 0 Å². The molecule has 170 valence electrons. The van der Waals surface area contributed by atoms with Gasteiger partial charge in [0.05, 0.1) is 23.9 Å². The molecule has 0 spiro atoms. The summed E-state index contributed by atoms with van der Waals surface area (Å²) in [4.78, 5) is 18.5. The van der Waals surface area contributed by atoms with Gasteiger partial charge in [0, 0.05) is 24.2 Å². The third kappa shape index (κ3) is 5.98. The molecule has 0 saturated carbocycles. The normalized spacial score (nSPS) is 16.6. The number of amides is 1. The lowest BCUT2D eigenvalue weighted by molar-refractivity contribution is -0.137. The van der Waals surface area contributed by atoms with Crippen LogP contribution < -0.4 is 10.6 Å². The lowest BCUT2D eigenvalue weighted by Crippen LogP contribution is -2.50. The maximum atomic E-state index is 12.8. The molecule has 1 aliphatic rings. The molecule has 2 heterocycles. The summed E-state index contributed by atoms with van der Waals surface area (Å²) in [5.41, 5.74) is 0.000260. The Bertz CT molecular complexity index is 982. The van der Waals surface area contributed by atoms with E-state index in [1.807, 2.05) is 13.8 Å². The number of aromatic nitrogens is 1. The number of nitriles is 1. The van der Waals surface area contributed by atoms with Crippen molar-refractivity contribution in [1.29, 1.82) is 5.26 Å². The molecule has 1 aliphatic heterocycles. The van der Waals surface area contributed by atoms with Crippen molar-refractivity contribution in [2.45, 2.75) is 44.4 Å². The number of anilines is 1. The molecule has 6 nitrogen and oxygen atoms in total. The quantitative estimate of drug-likeness (QED) is 0.672. The Balaban J connectivity index is 1.57. The zero-order valence-corrected chi connectivity index (χ0v) is 18.0. The van der Waals surface area contributed by atoms with E-state index in [0.717, 1.165) is 18.6 Å². The predicted molar refractivity (Wildman–Crippen MR) is 116 cm³/mol. The summed E-state index contributed by atoms with van der Waals surface area (Å²) in [6.45, 7) is 5.09. The molecule has 2 N–H and O–H groups in total. The number of pyridine rings is 1. The molecule has 0 radical (unpaired) electrons. The second-order valence-corrected chi connectivity index (χ2v) is 8.45. The number of likely N-dealkylation sites (tertiary alicyclic amines) is 1. The second kappa shape index (κ2) is 9.57. The zero-order chi connectivity index (χ0) is 23.4. The van der Waals surface area contributed by atoms with Crippen LogP contribution in [0.25, 0.3) is 11.3 Å². The molecule has 9 heteroatoms. The van der Waals surface area contributed by atoms with E-state index in [2.05, 4.69) is 21.7 Å². The number of carbonyl (C=O) groups is 1. The van der Waals surface area contributed by atoms with Gasteiger partial charge in [-0.05, 0) is 51.0 Å². The van der Waals surface area contributed by atoms with Crippen LogP contribution in [0.2, 0.25) is 0 Å². The van der Waals surface area contributed by atoms with Crippen molar-refractivity contribution in [3.8, 4) is 17.3 Å². The Morgan fingerprint density at radius 2 is 1.94 bits per heavy atom. The average molecular weight is 445 g/mol. The fraction of sp³-hybridized carbons (Fsp3) is 0.435. The minimum absolute atomic E-state index is 0.0930. The van der Waals surface area contributed by atoms with Crippen molar-refractivity contribution in [1.82, 2.24) is 15.2 Å². The first-order valence-electron chi connectivity index (χ1n) is 10.4. The molecule has 1 aromatic heterocycles. The summed E-state index contributed by atoms with van der Waals surface area (Å²) < 4.78 is 38.3. The van der Waals surface area contributed by atoms with Crippen molar-refractivity contribution in [3.63, 3.8) is 0 Å². The van der Waals surface area contributed by atoms with E-state index < -0.39 is 17.3 Å². The summed E-state index contributed by atoms with van der Waals surface area (Å²) in [5, 5.41) is 15.6. The predicted octanol–water partition coefficient (Wildman–Crippen LogP) is 4.06. The number of hydrogen-bond acceptors (Lipinski definition) is 5. The van der Waals surface area contributed by atoms with Gasteiger partial charge in [0.2, 0.25) is 5.91 Å². The number of nitrogens with zero attached hydrogens (tertiary/aromatic N) is 3. The molecule has 1 fully saturated rings. The number of rotatable bonds is 7. The lowest BCUT2D eigenvalue weighted by Gasteiger charge is -2.28. The molecular weight excluding hydrogens is 419 g/mol. The van der Waals surface area contributed by atoms with Gasteiger partial charge in [-0.2, -0.15) is 18.4 Å². The van der Waals surface area contributed by atoms with Gasteiger partial charge in [0.1, 0.15) is 11.9 Å². The topological polar surface area (TPSA) is 81.1 Å². The highest BCUT2D eigenvalue weighted by atomic mass is 19.4. The molecule has 3 rings (SSSR count). The average Bonchev–Trinajstić information content (AvgIpc) is 3.25. The SMILES string of the molecule is CC(C)(CNc1cccc(-c2ccc(C(F)(F)F)cc2)n1)NCC(=O)N1CCCC1C#N. The van der Waals surface area contributed by atoms with Crippen LogP contribution in [0, 0.1) is 11.3 Å². The summed E-state index contributed by atoms with van der Waals surface area (Å²) in [7, 11) is 0. The van der Waals surface area contributed by atoms with Gasteiger partial charge in [-0.15, -0.1) is 0 Å². The van der Waals surface area contributed by atoms with Crippen molar-refractivity contribution < 1.29 is 18.0 Å². The van der Waals surface area contributed by atoms with E-state index in [4.69, 9.17) is 5.26 Å². The van der Waals surface area contributed by atoms with Crippen LogP contribution in [0.3, 0.4) is 0 Å². The highest BCUT2D eigenvalue weighted by Gasteiger charge is 2.30. The third-order valence-electron chi connectivity index (χ3n) is 5.41. The number of benzene rings is 1. The van der Waals surface area contributed by atoms with E-state index in [0.29, 0.717) is 36.6 Å². The van der Waals surface area contributed by atoms with E-state index in [1.54, 1.807) is 23.1 Å². The van der Waals surface area contributed by atoms with Gasteiger partial charge >= 0.3 is 6.18 Å². The minimum atomic E-state index is -4.38. The summed E-state index contributed by atoms with van der Waals surface area (Å²) in [5.74, 6) is 0.484. The van der Waals surface area contributed by atoms with E-state index in [1.165, 1.54) is 12.1 Å². The van der Waals surface area contributed by atoms with E-state index >= 15 is 0 Å². The zero-order valence-electron chi connectivity index (χ0n) is 18.0. The largest absolute Gasteiger partial charge is 0.416 e. The molecule has 1 saturated heterocycles. The van der Waals surface area contributed by atoms with Gasteiger partial charge in [0.25, 0.3) is 0 Å². The number of halogens is 3. The number of alkyl halides is 3. The van der Waals surface area contributed by atoms with Crippen LogP contribution in [0.4, 0.5) is 19.0 Å². The number of hydrogen-bond donors (Lipinski definition) is 2. The van der Waals surface area contributed by atoms with Gasteiger partial charge < -0.3 is 15.5 Å². The van der Waals surface area contributed by atoms with Crippen LogP contribution in [-0.2, 0) is 11.0 Å². The maximum Gasteiger partial charge on any atom is 0.416 e.